The van der Waals surface area contributed by atoms with E-state index in [4.69, 9.17) is 5.11 Å². The van der Waals surface area contributed by atoms with Crippen molar-refractivity contribution < 1.29 is 14.7 Å². The third-order valence-electron chi connectivity index (χ3n) is 2.72. The van der Waals surface area contributed by atoms with Crippen molar-refractivity contribution in [2.45, 2.75) is 6.92 Å². The molecule has 0 saturated carbocycles. The minimum Gasteiger partial charge on any atom is -0.477 e. The second kappa shape index (κ2) is 6.16. The zero-order chi connectivity index (χ0) is 14.5. The number of hydrogen-bond acceptors (Lipinski definition) is 3. The molecule has 2 N–H and O–H groups in total. The Morgan fingerprint density at radius 2 is 2.00 bits per heavy atom. The summed E-state index contributed by atoms with van der Waals surface area (Å²) in [6.07, 6.45) is 3.10. The fraction of sp³-hybridized carbons (Fsp3) is 0.0667. The number of benzene rings is 1. The number of carbonyl (C=O) groups is 2. The van der Waals surface area contributed by atoms with Gasteiger partial charge >= 0.3 is 5.97 Å². The lowest BCUT2D eigenvalue weighted by atomic mass is 10.1. The van der Waals surface area contributed by atoms with E-state index in [9.17, 15) is 9.59 Å². The minimum atomic E-state index is -1.04. The van der Waals surface area contributed by atoms with E-state index in [1.807, 2.05) is 31.2 Å². The second-order valence-corrected chi connectivity index (χ2v) is 5.06. The van der Waals surface area contributed by atoms with Crippen LogP contribution in [0.4, 0.5) is 5.69 Å². The summed E-state index contributed by atoms with van der Waals surface area (Å²) in [6.45, 7) is 1.96. The van der Waals surface area contributed by atoms with Crippen LogP contribution in [-0.2, 0) is 4.79 Å². The third kappa shape index (κ3) is 3.33. The Morgan fingerprint density at radius 3 is 2.70 bits per heavy atom. The van der Waals surface area contributed by atoms with Crippen LogP contribution in [0.5, 0.6) is 0 Å². The first-order chi connectivity index (χ1) is 9.58. The van der Waals surface area contributed by atoms with Crippen molar-refractivity contribution >= 4 is 35.0 Å². The highest BCUT2D eigenvalue weighted by atomic mass is 32.1. The van der Waals surface area contributed by atoms with Gasteiger partial charge in [0.15, 0.2) is 0 Å². The Labute approximate surface area is 120 Å². The molecule has 0 unspecified atom stereocenters. The number of amides is 1. The maximum absolute atomic E-state index is 11.8. The van der Waals surface area contributed by atoms with Gasteiger partial charge in [0.1, 0.15) is 4.88 Å². The molecule has 0 radical (unpaired) electrons. The summed E-state index contributed by atoms with van der Waals surface area (Å²) < 4.78 is 0. The number of anilines is 1. The monoisotopic (exact) mass is 287 g/mol. The van der Waals surface area contributed by atoms with Gasteiger partial charge in [0, 0.05) is 6.08 Å². The van der Waals surface area contributed by atoms with E-state index in [1.54, 1.807) is 17.5 Å². The van der Waals surface area contributed by atoms with Gasteiger partial charge in [-0.2, -0.15) is 0 Å². The van der Waals surface area contributed by atoms with Crippen molar-refractivity contribution in [2.24, 2.45) is 0 Å². The summed E-state index contributed by atoms with van der Waals surface area (Å²) in [6, 6.07) is 9.27. The van der Waals surface area contributed by atoms with Crippen molar-refractivity contribution in [2.75, 3.05) is 5.32 Å². The van der Waals surface area contributed by atoms with E-state index in [0.717, 1.165) is 22.5 Å². The standard InChI is InChI=1S/C15H13NO3S/c1-10-4-2-3-5-11(10)6-7-13(17)16-12-8-9-20-14(12)15(18)19/h2-9H,1H3,(H,16,17)(H,18,19)/b7-6+. The Balaban J connectivity index is 2.08. The van der Waals surface area contributed by atoms with E-state index in [1.165, 1.54) is 6.08 Å². The molecule has 4 nitrogen and oxygen atoms in total. The van der Waals surface area contributed by atoms with Crippen LogP contribution in [-0.4, -0.2) is 17.0 Å². The molecule has 0 bridgehead atoms. The molecule has 2 aromatic rings. The van der Waals surface area contributed by atoms with Crippen LogP contribution in [0.25, 0.3) is 6.08 Å². The topological polar surface area (TPSA) is 66.4 Å². The fourth-order valence-corrected chi connectivity index (χ4v) is 2.37. The van der Waals surface area contributed by atoms with E-state index in [0.29, 0.717) is 5.69 Å². The molecule has 0 saturated heterocycles. The Bertz CT molecular complexity index is 673. The van der Waals surface area contributed by atoms with Gasteiger partial charge in [-0.05, 0) is 35.6 Å². The van der Waals surface area contributed by atoms with E-state index < -0.39 is 5.97 Å². The van der Waals surface area contributed by atoms with E-state index in [-0.39, 0.29) is 10.8 Å². The molecular formula is C15H13NO3S. The average Bonchev–Trinajstić information content (AvgIpc) is 2.86. The summed E-state index contributed by atoms with van der Waals surface area (Å²) in [5, 5.41) is 13.1. The Hall–Kier alpha value is -2.40. The smallest absolute Gasteiger partial charge is 0.348 e. The van der Waals surface area contributed by atoms with E-state index in [2.05, 4.69) is 5.32 Å². The lowest BCUT2D eigenvalue weighted by Crippen LogP contribution is -2.10. The van der Waals surface area contributed by atoms with Crippen LogP contribution >= 0.6 is 11.3 Å². The fourth-order valence-electron chi connectivity index (χ4n) is 1.69. The van der Waals surface area contributed by atoms with E-state index >= 15 is 0 Å². The van der Waals surface area contributed by atoms with Crippen molar-refractivity contribution in [1.82, 2.24) is 0 Å². The molecule has 1 aromatic heterocycles. The number of carbonyl (C=O) groups excluding carboxylic acids is 1. The van der Waals surface area contributed by atoms with Crippen LogP contribution in [0.15, 0.2) is 41.8 Å². The van der Waals surface area contributed by atoms with Crippen molar-refractivity contribution in [3.05, 3.63) is 57.8 Å². The Morgan fingerprint density at radius 1 is 1.25 bits per heavy atom. The molecular weight excluding hydrogens is 274 g/mol. The molecule has 102 valence electrons. The molecule has 1 heterocycles. The quantitative estimate of drug-likeness (QED) is 0.847. The normalized spacial score (nSPS) is 10.7. The molecule has 5 heteroatoms. The first-order valence-corrected chi connectivity index (χ1v) is 6.81. The highest BCUT2D eigenvalue weighted by molar-refractivity contribution is 7.12. The zero-order valence-corrected chi connectivity index (χ0v) is 11.6. The molecule has 1 amide bonds. The summed E-state index contributed by atoms with van der Waals surface area (Å²) >= 11 is 1.08. The van der Waals surface area contributed by atoms with Gasteiger partial charge in [-0.25, -0.2) is 4.79 Å². The number of hydrogen-bond donors (Lipinski definition) is 2. The largest absolute Gasteiger partial charge is 0.477 e. The van der Waals surface area contributed by atoms with Gasteiger partial charge < -0.3 is 10.4 Å². The van der Waals surface area contributed by atoms with Crippen LogP contribution < -0.4 is 5.32 Å². The van der Waals surface area contributed by atoms with Gasteiger partial charge in [-0.3, -0.25) is 4.79 Å². The second-order valence-electron chi connectivity index (χ2n) is 4.15. The van der Waals surface area contributed by atoms with Crippen molar-refractivity contribution in [3.8, 4) is 0 Å². The minimum absolute atomic E-state index is 0.127. The molecule has 1 aromatic carbocycles. The van der Waals surface area contributed by atoms with Gasteiger partial charge in [-0.1, -0.05) is 24.3 Å². The van der Waals surface area contributed by atoms with Gasteiger partial charge in [-0.15, -0.1) is 11.3 Å². The summed E-state index contributed by atoms with van der Waals surface area (Å²) in [4.78, 5) is 22.8. The maximum atomic E-state index is 11.8. The van der Waals surface area contributed by atoms with Gasteiger partial charge in [0.2, 0.25) is 5.91 Å². The lowest BCUT2D eigenvalue weighted by Gasteiger charge is -2.01. The molecule has 2 rings (SSSR count). The number of rotatable bonds is 4. The Kier molecular flexibility index (Phi) is 4.32. The van der Waals surface area contributed by atoms with Crippen LogP contribution in [0.2, 0.25) is 0 Å². The number of aryl methyl sites for hydroxylation is 1. The molecule has 0 aliphatic heterocycles. The highest BCUT2D eigenvalue weighted by Gasteiger charge is 2.12. The van der Waals surface area contributed by atoms with Crippen molar-refractivity contribution in [1.29, 1.82) is 0 Å². The van der Waals surface area contributed by atoms with Gasteiger partial charge in [0.25, 0.3) is 0 Å². The summed E-state index contributed by atoms with van der Waals surface area (Å²) in [5.74, 6) is -1.40. The number of thiophene rings is 1. The molecule has 0 atom stereocenters. The summed E-state index contributed by atoms with van der Waals surface area (Å²) in [7, 11) is 0. The molecule has 0 aliphatic carbocycles. The number of nitrogens with one attached hydrogen (secondary N) is 1. The number of aromatic carboxylic acids is 1. The number of carboxylic acids is 1. The molecule has 0 fully saturated rings. The number of carboxylic acid groups (broad SMARTS) is 1. The SMILES string of the molecule is Cc1ccccc1/C=C/C(=O)Nc1ccsc1C(=O)O. The average molecular weight is 287 g/mol. The van der Waals surface area contributed by atoms with Gasteiger partial charge in [0.05, 0.1) is 5.69 Å². The maximum Gasteiger partial charge on any atom is 0.348 e. The summed E-state index contributed by atoms with van der Waals surface area (Å²) in [5.41, 5.74) is 2.34. The third-order valence-corrected chi connectivity index (χ3v) is 3.62. The molecule has 0 aliphatic rings. The molecule has 0 spiro atoms. The van der Waals surface area contributed by atoms with Crippen LogP contribution in [0.1, 0.15) is 20.8 Å². The van der Waals surface area contributed by atoms with Crippen LogP contribution in [0, 0.1) is 6.92 Å². The first-order valence-electron chi connectivity index (χ1n) is 5.93. The van der Waals surface area contributed by atoms with Crippen LogP contribution in [0.3, 0.4) is 0 Å². The predicted molar refractivity (Wildman–Crippen MR) is 80.1 cm³/mol. The predicted octanol–water partition coefficient (Wildman–Crippen LogP) is 3.41. The zero-order valence-electron chi connectivity index (χ0n) is 10.8. The van der Waals surface area contributed by atoms with Crippen molar-refractivity contribution in [3.63, 3.8) is 0 Å². The first kappa shape index (κ1) is 14.0. The lowest BCUT2D eigenvalue weighted by molar-refractivity contribution is -0.111. The highest BCUT2D eigenvalue weighted by Crippen LogP contribution is 2.22. The molecule has 20 heavy (non-hydrogen) atoms.